The number of carbonyl (C=O) groups is 1. The van der Waals surface area contributed by atoms with Crippen molar-refractivity contribution in [2.75, 3.05) is 12.8 Å². The van der Waals surface area contributed by atoms with Crippen molar-refractivity contribution in [1.82, 2.24) is 15.0 Å². The maximum atomic E-state index is 11.8. The van der Waals surface area contributed by atoms with Crippen LogP contribution in [0.4, 0.5) is 0 Å². The number of aromatic amines is 1. The average molecular weight is 287 g/mol. The van der Waals surface area contributed by atoms with Crippen molar-refractivity contribution in [3.63, 3.8) is 0 Å². The van der Waals surface area contributed by atoms with Crippen molar-refractivity contribution < 1.29 is 13.2 Å². The second-order valence-electron chi connectivity index (χ2n) is 4.86. The Balaban J connectivity index is 2.70. The molecule has 0 radical (unpaired) electrons. The molecule has 8 heteroatoms. The molecule has 0 fully saturated rings. The number of hydrogen-bond acceptors (Lipinski definition) is 4. The van der Waals surface area contributed by atoms with E-state index < -0.39 is 26.9 Å². The van der Waals surface area contributed by atoms with Crippen LogP contribution < -0.4 is 15.5 Å². The smallest absolute Gasteiger partial charge is 0.256 e. The fourth-order valence-corrected chi connectivity index (χ4v) is 2.60. The van der Waals surface area contributed by atoms with Gasteiger partial charge in [-0.3, -0.25) is 9.59 Å². The SMILES string of the molecule is CC(C)(CNC(=O)c1c[nH]ccc1=O)NS(C)(=O)=O. The van der Waals surface area contributed by atoms with Gasteiger partial charge in [-0.1, -0.05) is 0 Å². The standard InChI is InChI=1S/C11H17N3O4S/c1-11(2,14-19(3,17)18)7-13-10(16)8-6-12-5-4-9(8)15/h4-6,14H,7H2,1-3H3,(H,12,15)(H,13,16). The Morgan fingerprint density at radius 1 is 1.42 bits per heavy atom. The van der Waals surface area contributed by atoms with E-state index in [-0.39, 0.29) is 12.1 Å². The molecule has 106 valence electrons. The Kier molecular flexibility index (Phi) is 4.48. The highest BCUT2D eigenvalue weighted by Gasteiger charge is 2.23. The van der Waals surface area contributed by atoms with E-state index in [1.807, 2.05) is 0 Å². The molecule has 19 heavy (non-hydrogen) atoms. The summed E-state index contributed by atoms with van der Waals surface area (Å²) in [6.07, 6.45) is 3.77. The molecule has 0 spiro atoms. The van der Waals surface area contributed by atoms with Gasteiger partial charge in [0, 0.05) is 30.5 Å². The van der Waals surface area contributed by atoms with Crippen molar-refractivity contribution >= 4 is 15.9 Å². The zero-order valence-corrected chi connectivity index (χ0v) is 11.8. The summed E-state index contributed by atoms with van der Waals surface area (Å²) in [7, 11) is -3.37. The topological polar surface area (TPSA) is 108 Å². The van der Waals surface area contributed by atoms with Gasteiger partial charge in [-0.05, 0) is 13.8 Å². The summed E-state index contributed by atoms with van der Waals surface area (Å²) in [4.78, 5) is 25.8. The number of rotatable bonds is 5. The van der Waals surface area contributed by atoms with Crippen molar-refractivity contribution in [3.8, 4) is 0 Å². The lowest BCUT2D eigenvalue weighted by Crippen LogP contribution is -2.51. The van der Waals surface area contributed by atoms with E-state index in [9.17, 15) is 18.0 Å². The molecule has 1 rings (SSSR count). The van der Waals surface area contributed by atoms with Crippen LogP contribution in [0.2, 0.25) is 0 Å². The van der Waals surface area contributed by atoms with E-state index in [0.717, 1.165) is 6.26 Å². The van der Waals surface area contributed by atoms with Crippen LogP contribution in [0.3, 0.4) is 0 Å². The Bertz CT molecular complexity index is 619. The minimum absolute atomic E-state index is 0.0161. The van der Waals surface area contributed by atoms with E-state index in [0.29, 0.717) is 0 Å². The van der Waals surface area contributed by atoms with Gasteiger partial charge in [0.15, 0.2) is 5.43 Å². The monoisotopic (exact) mass is 287 g/mol. The summed E-state index contributed by atoms with van der Waals surface area (Å²) >= 11 is 0. The first kappa shape index (κ1) is 15.4. The molecule has 0 aliphatic rings. The number of H-pyrrole nitrogens is 1. The molecule has 1 amide bonds. The maximum absolute atomic E-state index is 11.8. The van der Waals surface area contributed by atoms with Gasteiger partial charge < -0.3 is 10.3 Å². The molecule has 0 saturated carbocycles. The van der Waals surface area contributed by atoms with E-state index in [1.165, 1.54) is 18.5 Å². The Hall–Kier alpha value is -1.67. The highest BCUT2D eigenvalue weighted by Crippen LogP contribution is 2.02. The molecule has 1 heterocycles. The molecular formula is C11H17N3O4S. The van der Waals surface area contributed by atoms with Crippen LogP contribution >= 0.6 is 0 Å². The molecule has 0 aliphatic carbocycles. The largest absolute Gasteiger partial charge is 0.367 e. The molecule has 0 bridgehead atoms. The lowest BCUT2D eigenvalue weighted by Gasteiger charge is -2.25. The number of carbonyl (C=O) groups excluding carboxylic acids is 1. The second-order valence-corrected chi connectivity index (χ2v) is 6.61. The van der Waals surface area contributed by atoms with Gasteiger partial charge in [0.2, 0.25) is 10.0 Å². The van der Waals surface area contributed by atoms with Crippen molar-refractivity contribution in [2.24, 2.45) is 0 Å². The van der Waals surface area contributed by atoms with E-state index in [1.54, 1.807) is 13.8 Å². The zero-order chi connectivity index (χ0) is 14.7. The van der Waals surface area contributed by atoms with Crippen LogP contribution in [0, 0.1) is 0 Å². The second kappa shape index (κ2) is 5.54. The highest BCUT2D eigenvalue weighted by molar-refractivity contribution is 7.88. The van der Waals surface area contributed by atoms with Gasteiger partial charge in [-0.25, -0.2) is 13.1 Å². The van der Waals surface area contributed by atoms with Gasteiger partial charge in [0.25, 0.3) is 5.91 Å². The van der Waals surface area contributed by atoms with Crippen LogP contribution in [-0.2, 0) is 10.0 Å². The van der Waals surface area contributed by atoms with Crippen molar-refractivity contribution in [2.45, 2.75) is 19.4 Å². The maximum Gasteiger partial charge on any atom is 0.256 e. The number of nitrogens with one attached hydrogen (secondary N) is 3. The molecule has 0 aliphatic heterocycles. The molecule has 1 aromatic rings. The minimum atomic E-state index is -3.37. The predicted octanol–water partition coefficient (Wildman–Crippen LogP) is -0.567. The summed E-state index contributed by atoms with van der Waals surface area (Å²) in [6, 6.07) is 1.24. The van der Waals surface area contributed by atoms with Crippen LogP contribution in [-0.4, -0.2) is 37.6 Å². The first-order valence-electron chi connectivity index (χ1n) is 5.55. The van der Waals surface area contributed by atoms with Gasteiger partial charge in [0.1, 0.15) is 5.56 Å². The highest BCUT2D eigenvalue weighted by atomic mass is 32.2. The molecule has 7 nitrogen and oxygen atoms in total. The Morgan fingerprint density at radius 3 is 2.58 bits per heavy atom. The van der Waals surface area contributed by atoms with Crippen LogP contribution in [0.1, 0.15) is 24.2 Å². The van der Waals surface area contributed by atoms with E-state index in [4.69, 9.17) is 0 Å². The third kappa shape index (κ3) is 5.23. The number of hydrogen-bond donors (Lipinski definition) is 3. The summed E-state index contributed by atoms with van der Waals surface area (Å²) in [5.41, 5.74) is -1.26. The fraction of sp³-hybridized carbons (Fsp3) is 0.455. The molecule has 3 N–H and O–H groups in total. The number of sulfonamides is 1. The Morgan fingerprint density at radius 2 is 2.05 bits per heavy atom. The average Bonchev–Trinajstić information content (AvgIpc) is 2.23. The van der Waals surface area contributed by atoms with Crippen molar-refractivity contribution in [1.29, 1.82) is 0 Å². The number of amides is 1. The van der Waals surface area contributed by atoms with E-state index in [2.05, 4.69) is 15.0 Å². The van der Waals surface area contributed by atoms with Crippen molar-refractivity contribution in [3.05, 3.63) is 34.2 Å². The third-order valence-electron chi connectivity index (χ3n) is 2.22. The van der Waals surface area contributed by atoms with Crippen LogP contribution in [0.25, 0.3) is 0 Å². The lowest BCUT2D eigenvalue weighted by molar-refractivity contribution is 0.0943. The first-order valence-corrected chi connectivity index (χ1v) is 7.44. The summed E-state index contributed by atoms with van der Waals surface area (Å²) in [5.74, 6) is -0.551. The van der Waals surface area contributed by atoms with Crippen LogP contribution in [0.5, 0.6) is 0 Å². The summed E-state index contributed by atoms with van der Waals surface area (Å²) < 4.78 is 24.7. The lowest BCUT2D eigenvalue weighted by atomic mass is 10.1. The third-order valence-corrected chi connectivity index (χ3v) is 3.14. The molecule has 0 saturated heterocycles. The van der Waals surface area contributed by atoms with Crippen LogP contribution in [0.15, 0.2) is 23.3 Å². The number of aromatic nitrogens is 1. The molecule has 0 unspecified atom stereocenters. The molecular weight excluding hydrogens is 270 g/mol. The first-order chi connectivity index (χ1) is 8.61. The van der Waals surface area contributed by atoms with Gasteiger partial charge in [-0.15, -0.1) is 0 Å². The van der Waals surface area contributed by atoms with Gasteiger partial charge >= 0.3 is 0 Å². The predicted molar refractivity (Wildman–Crippen MR) is 71.5 cm³/mol. The quantitative estimate of drug-likeness (QED) is 0.674. The van der Waals surface area contributed by atoms with Gasteiger partial charge in [0.05, 0.1) is 6.26 Å². The van der Waals surface area contributed by atoms with Gasteiger partial charge in [-0.2, -0.15) is 0 Å². The summed E-state index contributed by atoms with van der Waals surface area (Å²) in [6.45, 7) is 3.32. The molecule has 0 aromatic carbocycles. The normalized spacial score (nSPS) is 12.2. The zero-order valence-electron chi connectivity index (χ0n) is 11.0. The van der Waals surface area contributed by atoms with E-state index >= 15 is 0 Å². The minimum Gasteiger partial charge on any atom is -0.367 e. The molecule has 0 atom stereocenters. The fourth-order valence-electron chi connectivity index (χ4n) is 1.53. The number of pyridine rings is 1. The molecule has 1 aromatic heterocycles. The summed E-state index contributed by atoms with van der Waals surface area (Å²) in [5, 5.41) is 2.52. The Labute approximate surface area is 111 Å².